The van der Waals surface area contributed by atoms with Crippen LogP contribution in [0.2, 0.25) is 0 Å². The molecule has 1 rings (SSSR count). The smallest absolute Gasteiger partial charge is 0.220 e. The summed E-state index contributed by atoms with van der Waals surface area (Å²) < 4.78 is 0. The maximum atomic E-state index is 11.6. The molecule has 1 aromatic carbocycles. The fourth-order valence-corrected chi connectivity index (χ4v) is 1.82. The maximum absolute atomic E-state index is 11.6. The second kappa shape index (κ2) is 8.70. The minimum absolute atomic E-state index is 0.136. The van der Waals surface area contributed by atoms with E-state index in [-0.39, 0.29) is 5.91 Å². The standard InChI is InChI=1S/C15H24N2O/c1-3-10-16-11-12-17-15(18)9-8-14-7-5-4-6-13(14)2/h4-7,16H,3,8-12H2,1-2H3,(H,17,18). The highest BCUT2D eigenvalue weighted by molar-refractivity contribution is 5.76. The lowest BCUT2D eigenvalue weighted by atomic mass is 10.0. The summed E-state index contributed by atoms with van der Waals surface area (Å²) in [6.45, 7) is 6.80. The molecule has 0 aliphatic rings. The van der Waals surface area contributed by atoms with Crippen LogP contribution in [-0.2, 0) is 11.2 Å². The molecule has 0 radical (unpaired) electrons. The van der Waals surface area contributed by atoms with Crippen LogP contribution in [0, 0.1) is 6.92 Å². The topological polar surface area (TPSA) is 41.1 Å². The molecule has 0 spiro atoms. The van der Waals surface area contributed by atoms with E-state index in [4.69, 9.17) is 0 Å². The predicted octanol–water partition coefficient (Wildman–Crippen LogP) is 2.04. The number of carbonyl (C=O) groups is 1. The Morgan fingerprint density at radius 1 is 1.17 bits per heavy atom. The number of aryl methyl sites for hydroxylation is 2. The van der Waals surface area contributed by atoms with E-state index in [1.165, 1.54) is 11.1 Å². The summed E-state index contributed by atoms with van der Waals surface area (Å²) in [6.07, 6.45) is 2.51. The van der Waals surface area contributed by atoms with Crippen molar-refractivity contribution >= 4 is 5.91 Å². The number of nitrogens with one attached hydrogen (secondary N) is 2. The van der Waals surface area contributed by atoms with Crippen LogP contribution in [0.25, 0.3) is 0 Å². The fourth-order valence-electron chi connectivity index (χ4n) is 1.82. The van der Waals surface area contributed by atoms with Gasteiger partial charge in [-0.15, -0.1) is 0 Å². The summed E-state index contributed by atoms with van der Waals surface area (Å²) in [5.41, 5.74) is 2.52. The number of benzene rings is 1. The molecule has 0 unspecified atom stereocenters. The van der Waals surface area contributed by atoms with Crippen molar-refractivity contribution in [1.82, 2.24) is 10.6 Å². The van der Waals surface area contributed by atoms with Crippen molar-refractivity contribution in [3.8, 4) is 0 Å². The molecule has 3 nitrogen and oxygen atoms in total. The Bertz CT molecular complexity index is 363. The molecule has 0 aliphatic carbocycles. The van der Waals surface area contributed by atoms with Crippen LogP contribution >= 0.6 is 0 Å². The third kappa shape index (κ3) is 5.82. The number of amides is 1. The first-order valence-electron chi connectivity index (χ1n) is 6.76. The lowest BCUT2D eigenvalue weighted by molar-refractivity contribution is -0.121. The van der Waals surface area contributed by atoms with E-state index in [9.17, 15) is 4.79 Å². The van der Waals surface area contributed by atoms with Gasteiger partial charge in [-0.2, -0.15) is 0 Å². The SMILES string of the molecule is CCCNCCNC(=O)CCc1ccccc1C. The second-order valence-electron chi connectivity index (χ2n) is 4.53. The van der Waals surface area contributed by atoms with Gasteiger partial charge in [-0.05, 0) is 37.4 Å². The van der Waals surface area contributed by atoms with E-state index in [2.05, 4.69) is 36.6 Å². The second-order valence-corrected chi connectivity index (χ2v) is 4.53. The molecular formula is C15H24N2O. The first kappa shape index (κ1) is 14.7. The molecule has 18 heavy (non-hydrogen) atoms. The highest BCUT2D eigenvalue weighted by Crippen LogP contribution is 2.09. The summed E-state index contributed by atoms with van der Waals surface area (Å²) in [4.78, 5) is 11.6. The zero-order valence-electron chi connectivity index (χ0n) is 11.5. The predicted molar refractivity (Wildman–Crippen MR) is 75.7 cm³/mol. The quantitative estimate of drug-likeness (QED) is 0.691. The molecule has 3 heteroatoms. The van der Waals surface area contributed by atoms with Crippen molar-refractivity contribution in [1.29, 1.82) is 0 Å². The monoisotopic (exact) mass is 248 g/mol. The van der Waals surface area contributed by atoms with Gasteiger partial charge in [0.1, 0.15) is 0 Å². The highest BCUT2D eigenvalue weighted by atomic mass is 16.1. The van der Waals surface area contributed by atoms with Gasteiger partial charge in [-0.3, -0.25) is 4.79 Å². The van der Waals surface area contributed by atoms with Crippen molar-refractivity contribution in [3.63, 3.8) is 0 Å². The van der Waals surface area contributed by atoms with Crippen LogP contribution < -0.4 is 10.6 Å². The third-order valence-corrected chi connectivity index (χ3v) is 2.93. The molecule has 0 saturated carbocycles. The number of hydrogen-bond donors (Lipinski definition) is 2. The van der Waals surface area contributed by atoms with Gasteiger partial charge in [0.05, 0.1) is 0 Å². The van der Waals surface area contributed by atoms with Crippen LogP contribution in [0.15, 0.2) is 24.3 Å². The molecular weight excluding hydrogens is 224 g/mol. The molecule has 0 saturated heterocycles. The summed E-state index contributed by atoms with van der Waals surface area (Å²) >= 11 is 0. The molecule has 1 aromatic rings. The van der Waals surface area contributed by atoms with Gasteiger partial charge >= 0.3 is 0 Å². The minimum Gasteiger partial charge on any atom is -0.355 e. The highest BCUT2D eigenvalue weighted by Gasteiger charge is 2.03. The van der Waals surface area contributed by atoms with Crippen molar-refractivity contribution in [2.45, 2.75) is 33.1 Å². The van der Waals surface area contributed by atoms with Gasteiger partial charge in [0.2, 0.25) is 5.91 Å². The fraction of sp³-hybridized carbons (Fsp3) is 0.533. The normalized spacial score (nSPS) is 10.3. The van der Waals surface area contributed by atoms with E-state index < -0.39 is 0 Å². The number of rotatable bonds is 8. The van der Waals surface area contributed by atoms with Crippen LogP contribution in [0.1, 0.15) is 30.9 Å². The van der Waals surface area contributed by atoms with Gasteiger partial charge in [0, 0.05) is 19.5 Å². The molecule has 0 aromatic heterocycles. The molecule has 2 N–H and O–H groups in total. The van der Waals surface area contributed by atoms with E-state index >= 15 is 0 Å². The largest absolute Gasteiger partial charge is 0.355 e. The molecule has 0 aliphatic heterocycles. The Morgan fingerprint density at radius 3 is 2.67 bits per heavy atom. The Labute approximate surface area is 110 Å². The lowest BCUT2D eigenvalue weighted by Crippen LogP contribution is -2.32. The van der Waals surface area contributed by atoms with Gasteiger partial charge in [-0.1, -0.05) is 31.2 Å². The average Bonchev–Trinajstić information content (AvgIpc) is 2.37. The lowest BCUT2D eigenvalue weighted by Gasteiger charge is -2.07. The Morgan fingerprint density at radius 2 is 1.94 bits per heavy atom. The summed E-state index contributed by atoms with van der Waals surface area (Å²) in [6, 6.07) is 8.22. The zero-order chi connectivity index (χ0) is 13.2. The van der Waals surface area contributed by atoms with Crippen molar-refractivity contribution < 1.29 is 4.79 Å². The molecule has 0 bridgehead atoms. The van der Waals surface area contributed by atoms with E-state index in [1.807, 2.05) is 12.1 Å². The van der Waals surface area contributed by atoms with E-state index in [1.54, 1.807) is 0 Å². The summed E-state index contributed by atoms with van der Waals surface area (Å²) in [5, 5.41) is 6.19. The Balaban J connectivity index is 2.15. The van der Waals surface area contributed by atoms with Crippen LogP contribution in [0.3, 0.4) is 0 Å². The molecule has 100 valence electrons. The third-order valence-electron chi connectivity index (χ3n) is 2.93. The molecule has 1 amide bonds. The Hall–Kier alpha value is -1.35. The number of hydrogen-bond acceptors (Lipinski definition) is 2. The van der Waals surface area contributed by atoms with Crippen LogP contribution in [0.5, 0.6) is 0 Å². The number of carbonyl (C=O) groups excluding carboxylic acids is 1. The molecule has 0 heterocycles. The summed E-state index contributed by atoms with van der Waals surface area (Å²) in [7, 11) is 0. The molecule has 0 fully saturated rings. The first-order chi connectivity index (χ1) is 8.74. The summed E-state index contributed by atoms with van der Waals surface area (Å²) in [5.74, 6) is 0.136. The van der Waals surface area contributed by atoms with Crippen molar-refractivity contribution in [2.75, 3.05) is 19.6 Å². The first-order valence-corrected chi connectivity index (χ1v) is 6.76. The average molecular weight is 248 g/mol. The minimum atomic E-state index is 0.136. The van der Waals surface area contributed by atoms with Crippen LogP contribution in [0.4, 0.5) is 0 Å². The van der Waals surface area contributed by atoms with E-state index in [0.29, 0.717) is 13.0 Å². The van der Waals surface area contributed by atoms with Gasteiger partial charge in [0.15, 0.2) is 0 Å². The van der Waals surface area contributed by atoms with Gasteiger partial charge in [0.25, 0.3) is 0 Å². The van der Waals surface area contributed by atoms with Crippen molar-refractivity contribution in [3.05, 3.63) is 35.4 Å². The zero-order valence-corrected chi connectivity index (χ0v) is 11.5. The van der Waals surface area contributed by atoms with Crippen molar-refractivity contribution in [2.24, 2.45) is 0 Å². The van der Waals surface area contributed by atoms with Gasteiger partial charge < -0.3 is 10.6 Å². The van der Waals surface area contributed by atoms with Crippen LogP contribution in [-0.4, -0.2) is 25.5 Å². The van der Waals surface area contributed by atoms with Gasteiger partial charge in [-0.25, -0.2) is 0 Å². The Kier molecular flexibility index (Phi) is 7.11. The van der Waals surface area contributed by atoms with E-state index in [0.717, 1.165) is 25.9 Å². The molecule has 0 atom stereocenters. The maximum Gasteiger partial charge on any atom is 0.220 e.